The summed E-state index contributed by atoms with van der Waals surface area (Å²) < 4.78 is 2.24. The second-order valence-electron chi connectivity index (χ2n) is 7.47. The van der Waals surface area contributed by atoms with Crippen LogP contribution >= 0.6 is 0 Å². The fourth-order valence-corrected chi connectivity index (χ4v) is 3.74. The summed E-state index contributed by atoms with van der Waals surface area (Å²) >= 11 is 0. The topological polar surface area (TPSA) is 67.2 Å². The molecule has 6 nitrogen and oxygen atoms in total. The lowest BCUT2D eigenvalue weighted by Crippen LogP contribution is -2.30. The van der Waals surface area contributed by atoms with Gasteiger partial charge in [-0.25, -0.2) is 4.98 Å². The van der Waals surface area contributed by atoms with Gasteiger partial charge in [0, 0.05) is 35.9 Å². The smallest absolute Gasteiger partial charge is 0.255 e. The van der Waals surface area contributed by atoms with E-state index in [0.29, 0.717) is 35.9 Å². The molecule has 4 rings (SSSR count). The van der Waals surface area contributed by atoms with Crippen LogP contribution in [-0.4, -0.2) is 39.4 Å². The molecule has 2 aromatic carbocycles. The van der Waals surface area contributed by atoms with Crippen LogP contribution in [0.1, 0.15) is 59.3 Å². The van der Waals surface area contributed by atoms with Gasteiger partial charge in [0.2, 0.25) is 0 Å². The quantitative estimate of drug-likeness (QED) is 0.678. The summed E-state index contributed by atoms with van der Waals surface area (Å²) in [6.07, 6.45) is 2.34. The van der Waals surface area contributed by atoms with Crippen LogP contribution in [0.25, 0.3) is 11.0 Å². The average Bonchev–Trinajstić information content (AvgIpc) is 3.50. The molecule has 1 aliphatic carbocycles. The predicted octanol–water partition coefficient (Wildman–Crippen LogP) is 4.41. The number of anilines is 1. The molecule has 0 atom stereocenters. The third-order valence-electron chi connectivity index (χ3n) is 5.48. The predicted molar refractivity (Wildman–Crippen MR) is 114 cm³/mol. The molecule has 0 saturated heterocycles. The Balaban J connectivity index is 1.52. The van der Waals surface area contributed by atoms with E-state index in [2.05, 4.69) is 14.9 Å². The first-order valence-corrected chi connectivity index (χ1v) is 10.2. The first-order valence-electron chi connectivity index (χ1n) is 10.2. The molecule has 0 radical (unpaired) electrons. The van der Waals surface area contributed by atoms with Gasteiger partial charge in [0.1, 0.15) is 5.82 Å². The maximum atomic E-state index is 12.8. The van der Waals surface area contributed by atoms with Crippen LogP contribution in [0.15, 0.2) is 42.5 Å². The fraction of sp³-hybridized carbons (Fsp3) is 0.348. The van der Waals surface area contributed by atoms with Crippen LogP contribution < -0.4 is 5.32 Å². The molecular formula is C23H26N4O2. The van der Waals surface area contributed by atoms with Crippen molar-refractivity contribution < 1.29 is 9.59 Å². The molecular weight excluding hydrogens is 364 g/mol. The minimum absolute atomic E-state index is 0.00189. The number of carbonyl (C=O) groups is 2. The Hall–Kier alpha value is -3.15. The molecule has 1 aromatic heterocycles. The lowest BCUT2D eigenvalue weighted by Gasteiger charge is -2.18. The lowest BCUT2D eigenvalue weighted by atomic mass is 10.1. The van der Waals surface area contributed by atoms with Crippen LogP contribution in [0.4, 0.5) is 5.69 Å². The van der Waals surface area contributed by atoms with Crippen molar-refractivity contribution in [2.75, 3.05) is 18.4 Å². The Bertz CT molecular complexity index is 1060. The zero-order valence-corrected chi connectivity index (χ0v) is 17.1. The van der Waals surface area contributed by atoms with Crippen LogP contribution in [-0.2, 0) is 0 Å². The summed E-state index contributed by atoms with van der Waals surface area (Å²) in [6.45, 7) is 7.28. The summed E-state index contributed by atoms with van der Waals surface area (Å²) in [5.74, 6) is 0.825. The lowest BCUT2D eigenvalue weighted by molar-refractivity contribution is 0.0773. The number of fused-ring (bicyclic) bond motifs is 1. The highest BCUT2D eigenvalue weighted by molar-refractivity contribution is 6.06. The number of rotatable bonds is 6. The second kappa shape index (κ2) is 7.70. The van der Waals surface area contributed by atoms with Crippen LogP contribution in [0.2, 0.25) is 0 Å². The van der Waals surface area contributed by atoms with E-state index in [4.69, 9.17) is 0 Å². The van der Waals surface area contributed by atoms with Crippen molar-refractivity contribution in [3.63, 3.8) is 0 Å². The maximum absolute atomic E-state index is 12.8. The van der Waals surface area contributed by atoms with E-state index < -0.39 is 0 Å². The van der Waals surface area contributed by atoms with Gasteiger partial charge in [-0.15, -0.1) is 0 Å². The number of hydrogen-bond donors (Lipinski definition) is 1. The molecule has 1 aliphatic rings. The van der Waals surface area contributed by atoms with Gasteiger partial charge < -0.3 is 14.8 Å². The number of hydrogen-bond acceptors (Lipinski definition) is 3. The van der Waals surface area contributed by atoms with Crippen LogP contribution in [0.5, 0.6) is 0 Å². The summed E-state index contributed by atoms with van der Waals surface area (Å²) in [5, 5.41) is 2.92. The zero-order chi connectivity index (χ0) is 20.5. The highest BCUT2D eigenvalue weighted by Gasteiger charge is 2.27. The Morgan fingerprint density at radius 3 is 2.34 bits per heavy atom. The van der Waals surface area contributed by atoms with Gasteiger partial charge in [-0.05, 0) is 76.1 Å². The van der Waals surface area contributed by atoms with E-state index in [-0.39, 0.29) is 11.8 Å². The van der Waals surface area contributed by atoms with Crippen molar-refractivity contribution >= 4 is 28.5 Å². The highest BCUT2D eigenvalue weighted by Crippen LogP contribution is 2.38. The van der Waals surface area contributed by atoms with Crippen LogP contribution in [0, 0.1) is 6.92 Å². The standard InChI is InChI=1S/C23H26N4O2/c1-4-26(5-2)23(29)16-6-9-18(10-7-16)25-22(28)17-8-13-20-21(14-17)27(15(3)24-20)19-11-12-19/h6-10,13-14,19H,4-5,11-12H2,1-3H3,(H,25,28). The number of benzene rings is 2. The minimum Gasteiger partial charge on any atom is -0.339 e. The molecule has 0 aliphatic heterocycles. The van der Waals surface area contributed by atoms with Gasteiger partial charge >= 0.3 is 0 Å². The molecule has 1 fully saturated rings. The van der Waals surface area contributed by atoms with Crippen molar-refractivity contribution in [2.45, 2.75) is 39.7 Å². The number of aryl methyl sites for hydroxylation is 1. The van der Waals surface area contributed by atoms with E-state index >= 15 is 0 Å². The average molecular weight is 390 g/mol. The van der Waals surface area contributed by atoms with Crippen molar-refractivity contribution in [1.29, 1.82) is 0 Å². The van der Waals surface area contributed by atoms with Crippen molar-refractivity contribution in [2.24, 2.45) is 0 Å². The Morgan fingerprint density at radius 2 is 1.72 bits per heavy atom. The van der Waals surface area contributed by atoms with Gasteiger partial charge in [0.15, 0.2) is 0 Å². The molecule has 0 unspecified atom stereocenters. The number of carbonyl (C=O) groups excluding carboxylic acids is 2. The molecule has 1 N–H and O–H groups in total. The summed E-state index contributed by atoms with van der Waals surface area (Å²) in [4.78, 5) is 31.6. The SMILES string of the molecule is CCN(CC)C(=O)c1ccc(NC(=O)c2ccc3nc(C)n(C4CC4)c3c2)cc1. The van der Waals surface area contributed by atoms with Gasteiger partial charge in [0.25, 0.3) is 11.8 Å². The Morgan fingerprint density at radius 1 is 1.07 bits per heavy atom. The normalized spacial score (nSPS) is 13.5. The Kier molecular flexibility index (Phi) is 5.09. The first kappa shape index (κ1) is 19.2. The zero-order valence-electron chi connectivity index (χ0n) is 17.1. The first-order chi connectivity index (χ1) is 14.0. The molecule has 1 saturated carbocycles. The molecule has 2 amide bonds. The summed E-state index contributed by atoms with van der Waals surface area (Å²) in [7, 11) is 0. The van der Waals surface area contributed by atoms with Gasteiger partial charge in [-0.1, -0.05) is 0 Å². The van der Waals surface area contributed by atoms with Crippen molar-refractivity contribution in [3.8, 4) is 0 Å². The largest absolute Gasteiger partial charge is 0.339 e. The highest BCUT2D eigenvalue weighted by atomic mass is 16.2. The second-order valence-corrected chi connectivity index (χ2v) is 7.47. The van der Waals surface area contributed by atoms with E-state index in [9.17, 15) is 9.59 Å². The molecule has 6 heteroatoms. The van der Waals surface area contributed by atoms with E-state index in [0.717, 1.165) is 16.9 Å². The van der Waals surface area contributed by atoms with E-state index in [1.165, 1.54) is 12.8 Å². The number of amides is 2. The maximum Gasteiger partial charge on any atom is 0.255 e. The molecule has 0 bridgehead atoms. The molecule has 150 valence electrons. The van der Waals surface area contributed by atoms with Crippen molar-refractivity contribution in [1.82, 2.24) is 14.5 Å². The van der Waals surface area contributed by atoms with E-state index in [1.807, 2.05) is 32.9 Å². The fourth-order valence-electron chi connectivity index (χ4n) is 3.74. The van der Waals surface area contributed by atoms with Crippen molar-refractivity contribution in [3.05, 3.63) is 59.4 Å². The number of aromatic nitrogens is 2. The third kappa shape index (κ3) is 3.75. The molecule has 3 aromatic rings. The molecule has 1 heterocycles. The van der Waals surface area contributed by atoms with E-state index in [1.54, 1.807) is 35.2 Å². The summed E-state index contributed by atoms with van der Waals surface area (Å²) in [5.41, 5.74) is 3.82. The third-order valence-corrected chi connectivity index (χ3v) is 5.48. The summed E-state index contributed by atoms with van der Waals surface area (Å²) in [6, 6.07) is 13.2. The monoisotopic (exact) mass is 390 g/mol. The minimum atomic E-state index is -0.170. The Labute approximate surface area is 170 Å². The molecule has 29 heavy (non-hydrogen) atoms. The number of nitrogens with one attached hydrogen (secondary N) is 1. The van der Waals surface area contributed by atoms with Gasteiger partial charge in [-0.3, -0.25) is 9.59 Å². The van der Waals surface area contributed by atoms with Gasteiger partial charge in [0.05, 0.1) is 11.0 Å². The van der Waals surface area contributed by atoms with Crippen LogP contribution in [0.3, 0.4) is 0 Å². The molecule has 0 spiro atoms. The van der Waals surface area contributed by atoms with Gasteiger partial charge in [-0.2, -0.15) is 0 Å². The number of imidazole rings is 1. The number of nitrogens with zero attached hydrogens (tertiary/aromatic N) is 3.